The summed E-state index contributed by atoms with van der Waals surface area (Å²) in [4.78, 5) is 47.2. The van der Waals surface area contributed by atoms with Crippen molar-refractivity contribution in [2.45, 2.75) is 6.54 Å². The molecular formula is C17H12ClN3O7. The minimum Gasteiger partial charge on any atom is -0.463 e. The number of rotatable bonds is 5. The van der Waals surface area contributed by atoms with Gasteiger partial charge in [0.1, 0.15) is 16.5 Å². The van der Waals surface area contributed by atoms with Gasteiger partial charge in [0.25, 0.3) is 11.6 Å². The number of carbonyl (C=O) groups is 3. The number of nitro groups is 1. The van der Waals surface area contributed by atoms with Crippen molar-refractivity contribution in [2.75, 3.05) is 7.11 Å². The summed E-state index contributed by atoms with van der Waals surface area (Å²) in [5.41, 5.74) is -0.0792. The van der Waals surface area contributed by atoms with Crippen LogP contribution in [0.5, 0.6) is 0 Å². The summed E-state index contributed by atoms with van der Waals surface area (Å²) in [7, 11) is 1.19. The Kier molecular flexibility index (Phi) is 5.14. The van der Waals surface area contributed by atoms with Gasteiger partial charge in [0.2, 0.25) is 5.76 Å². The van der Waals surface area contributed by atoms with E-state index in [0.29, 0.717) is 5.56 Å². The smallest absolute Gasteiger partial charge is 0.373 e. The monoisotopic (exact) mass is 405 g/mol. The number of urea groups is 1. The third-order valence-corrected chi connectivity index (χ3v) is 4.12. The Bertz CT molecular complexity index is 1030. The maximum absolute atomic E-state index is 12.5. The minimum absolute atomic E-state index is 0.0465. The predicted molar refractivity (Wildman–Crippen MR) is 95.2 cm³/mol. The second-order valence-electron chi connectivity index (χ2n) is 5.60. The zero-order valence-electron chi connectivity index (χ0n) is 14.3. The first kappa shape index (κ1) is 19.1. The van der Waals surface area contributed by atoms with Gasteiger partial charge >= 0.3 is 12.0 Å². The highest BCUT2D eigenvalue weighted by Crippen LogP contribution is 2.27. The number of methoxy groups -OCH3 is 1. The van der Waals surface area contributed by atoms with Crippen LogP contribution in [0.25, 0.3) is 6.08 Å². The summed E-state index contributed by atoms with van der Waals surface area (Å²) < 4.78 is 9.77. The number of hydrogen-bond acceptors (Lipinski definition) is 7. The van der Waals surface area contributed by atoms with Gasteiger partial charge in [-0.15, -0.1) is 0 Å². The predicted octanol–water partition coefficient (Wildman–Crippen LogP) is 2.72. The Morgan fingerprint density at radius 2 is 2.11 bits per heavy atom. The molecule has 0 atom stereocenters. The second kappa shape index (κ2) is 7.53. The van der Waals surface area contributed by atoms with Crippen molar-refractivity contribution in [3.05, 3.63) is 68.2 Å². The summed E-state index contributed by atoms with van der Waals surface area (Å²) in [6, 6.07) is 6.09. The Labute approximate surface area is 162 Å². The molecule has 1 aliphatic rings. The van der Waals surface area contributed by atoms with Gasteiger partial charge in [-0.25, -0.2) is 9.59 Å². The molecule has 1 aromatic heterocycles. The highest BCUT2D eigenvalue weighted by atomic mass is 35.5. The Morgan fingerprint density at radius 1 is 1.36 bits per heavy atom. The van der Waals surface area contributed by atoms with Gasteiger partial charge in [-0.05, 0) is 29.8 Å². The molecule has 3 amide bonds. The van der Waals surface area contributed by atoms with Crippen molar-refractivity contribution in [2.24, 2.45) is 0 Å². The van der Waals surface area contributed by atoms with Gasteiger partial charge in [-0.3, -0.25) is 19.8 Å². The number of nitrogens with zero attached hydrogens (tertiary/aromatic N) is 2. The third kappa shape index (κ3) is 3.71. The molecule has 1 N–H and O–H groups in total. The fraction of sp³-hybridized carbons (Fsp3) is 0.118. The highest BCUT2D eigenvalue weighted by molar-refractivity contribution is 6.32. The number of benzene rings is 1. The molecule has 0 aliphatic carbocycles. The molecule has 2 heterocycles. The molecule has 0 bridgehead atoms. The third-order valence-electron chi connectivity index (χ3n) is 3.80. The normalized spacial score (nSPS) is 15.1. The van der Waals surface area contributed by atoms with E-state index in [-0.39, 0.29) is 34.5 Å². The van der Waals surface area contributed by atoms with E-state index in [4.69, 9.17) is 16.0 Å². The van der Waals surface area contributed by atoms with Crippen LogP contribution >= 0.6 is 11.6 Å². The standard InChI is InChI=1S/C17H12ClN3O7/c1-27-16(23)14-5-3-10(28-14)8-20-15(22)12(19-17(20)24)6-9-2-4-11(18)13(7-9)21(25)26/h2-7H,8H2,1H3,(H,19,24). The Morgan fingerprint density at radius 3 is 2.79 bits per heavy atom. The van der Waals surface area contributed by atoms with Crippen LogP contribution in [0.1, 0.15) is 21.9 Å². The van der Waals surface area contributed by atoms with Crippen molar-refractivity contribution >= 4 is 41.3 Å². The molecule has 0 unspecified atom stereocenters. The van der Waals surface area contributed by atoms with Gasteiger partial charge in [-0.1, -0.05) is 17.7 Å². The highest BCUT2D eigenvalue weighted by Gasteiger charge is 2.34. The Hall–Kier alpha value is -3.66. The lowest BCUT2D eigenvalue weighted by atomic mass is 10.1. The van der Waals surface area contributed by atoms with Gasteiger partial charge in [0.05, 0.1) is 18.6 Å². The molecule has 10 nitrogen and oxygen atoms in total. The topological polar surface area (TPSA) is 132 Å². The molecule has 1 saturated heterocycles. The maximum atomic E-state index is 12.5. The lowest BCUT2D eigenvalue weighted by Gasteiger charge is -2.09. The SMILES string of the molecule is COC(=O)c1ccc(CN2C(=O)NC(=Cc3ccc(Cl)c([N+](=O)[O-])c3)C2=O)o1. The lowest BCUT2D eigenvalue weighted by molar-refractivity contribution is -0.384. The summed E-state index contributed by atoms with van der Waals surface area (Å²) in [6.07, 6.45) is 1.30. The van der Waals surface area contributed by atoms with Crippen LogP contribution in [0.3, 0.4) is 0 Å². The van der Waals surface area contributed by atoms with E-state index >= 15 is 0 Å². The maximum Gasteiger partial charge on any atom is 0.373 e. The first-order valence-electron chi connectivity index (χ1n) is 7.75. The zero-order valence-corrected chi connectivity index (χ0v) is 15.1. The minimum atomic E-state index is -0.698. The summed E-state index contributed by atoms with van der Waals surface area (Å²) in [6.45, 7) is -0.209. The van der Waals surface area contributed by atoms with E-state index in [9.17, 15) is 24.5 Å². The van der Waals surface area contributed by atoms with E-state index in [1.165, 1.54) is 43.5 Å². The zero-order chi connectivity index (χ0) is 20.4. The summed E-state index contributed by atoms with van der Waals surface area (Å²) >= 11 is 5.76. The van der Waals surface area contributed by atoms with Crippen LogP contribution < -0.4 is 5.32 Å². The van der Waals surface area contributed by atoms with Gasteiger partial charge in [-0.2, -0.15) is 0 Å². The van der Waals surface area contributed by atoms with Crippen LogP contribution in [0.4, 0.5) is 10.5 Å². The largest absolute Gasteiger partial charge is 0.463 e. The summed E-state index contributed by atoms with van der Waals surface area (Å²) in [5.74, 6) is -1.20. The number of esters is 1. The second-order valence-corrected chi connectivity index (χ2v) is 6.01. The molecule has 3 rings (SSSR count). The molecule has 1 aromatic carbocycles. The lowest BCUT2D eigenvalue weighted by Crippen LogP contribution is -2.30. The van der Waals surface area contributed by atoms with Crippen molar-refractivity contribution in [3.63, 3.8) is 0 Å². The quantitative estimate of drug-likeness (QED) is 0.266. The van der Waals surface area contributed by atoms with Crippen LogP contribution in [0.2, 0.25) is 5.02 Å². The Balaban J connectivity index is 1.81. The number of carbonyl (C=O) groups excluding carboxylic acids is 3. The molecule has 28 heavy (non-hydrogen) atoms. The van der Waals surface area contributed by atoms with Crippen LogP contribution in [0, 0.1) is 10.1 Å². The molecule has 0 saturated carbocycles. The number of nitrogens with one attached hydrogen (secondary N) is 1. The number of nitro benzene ring substituents is 1. The van der Waals surface area contributed by atoms with Crippen molar-refractivity contribution in [1.29, 1.82) is 0 Å². The van der Waals surface area contributed by atoms with Crippen molar-refractivity contribution in [1.82, 2.24) is 10.2 Å². The van der Waals surface area contributed by atoms with E-state index in [1.54, 1.807) is 0 Å². The number of ether oxygens (including phenoxy) is 1. The average molecular weight is 406 g/mol. The number of halogens is 1. The molecule has 11 heteroatoms. The van der Waals surface area contributed by atoms with E-state index in [1.807, 2.05) is 0 Å². The molecule has 1 aliphatic heterocycles. The van der Waals surface area contributed by atoms with Gasteiger partial charge in [0, 0.05) is 6.07 Å². The number of amides is 3. The number of furan rings is 1. The van der Waals surface area contributed by atoms with E-state index < -0.39 is 22.8 Å². The first-order valence-corrected chi connectivity index (χ1v) is 8.13. The summed E-state index contributed by atoms with van der Waals surface area (Å²) in [5, 5.41) is 13.3. The fourth-order valence-electron chi connectivity index (χ4n) is 2.47. The van der Waals surface area contributed by atoms with Crippen molar-refractivity contribution in [3.8, 4) is 0 Å². The van der Waals surface area contributed by atoms with Crippen LogP contribution in [-0.2, 0) is 16.1 Å². The number of hydrogen-bond donors (Lipinski definition) is 1. The van der Waals surface area contributed by atoms with Crippen molar-refractivity contribution < 1.29 is 28.5 Å². The van der Waals surface area contributed by atoms with E-state index in [2.05, 4.69) is 10.1 Å². The molecule has 1 fully saturated rings. The number of imide groups is 1. The molecular weight excluding hydrogens is 394 g/mol. The molecule has 0 spiro atoms. The molecule has 0 radical (unpaired) electrons. The van der Waals surface area contributed by atoms with E-state index in [0.717, 1.165) is 4.90 Å². The van der Waals surface area contributed by atoms with Gasteiger partial charge < -0.3 is 14.5 Å². The van der Waals surface area contributed by atoms with Crippen LogP contribution in [-0.4, -0.2) is 34.8 Å². The van der Waals surface area contributed by atoms with Crippen LogP contribution in [0.15, 0.2) is 40.4 Å². The molecule has 2 aromatic rings. The van der Waals surface area contributed by atoms with Gasteiger partial charge in [0.15, 0.2) is 0 Å². The first-order chi connectivity index (χ1) is 13.3. The fourth-order valence-corrected chi connectivity index (χ4v) is 2.66. The average Bonchev–Trinajstić information content (AvgIpc) is 3.23. The molecule has 144 valence electrons.